The number of hydrogen-bond acceptors (Lipinski definition) is 4. The molecule has 1 heterocycles. The van der Waals surface area contributed by atoms with Gasteiger partial charge in [0.1, 0.15) is 5.84 Å². The van der Waals surface area contributed by atoms with Gasteiger partial charge in [0.05, 0.1) is 12.5 Å². The molecule has 6 nitrogen and oxygen atoms in total. The second-order valence-electron chi connectivity index (χ2n) is 4.65. The van der Waals surface area contributed by atoms with Crippen LogP contribution in [0.4, 0.5) is 0 Å². The summed E-state index contributed by atoms with van der Waals surface area (Å²) in [5, 5.41) is 14.3. The van der Waals surface area contributed by atoms with E-state index in [0.717, 1.165) is 6.42 Å². The molecule has 0 radical (unpaired) electrons. The van der Waals surface area contributed by atoms with Gasteiger partial charge < -0.3 is 21.0 Å². The Morgan fingerprint density at radius 3 is 2.88 bits per heavy atom. The zero-order valence-corrected chi connectivity index (χ0v) is 9.69. The first-order valence-corrected chi connectivity index (χ1v) is 5.31. The highest BCUT2D eigenvalue weighted by atomic mass is 16.5. The van der Waals surface area contributed by atoms with Crippen molar-refractivity contribution in [3.63, 3.8) is 0 Å². The molecule has 0 aromatic carbocycles. The van der Waals surface area contributed by atoms with Gasteiger partial charge in [-0.15, -0.1) is 0 Å². The van der Waals surface area contributed by atoms with Crippen LogP contribution in [-0.4, -0.2) is 36.7 Å². The van der Waals surface area contributed by atoms with Crippen LogP contribution in [0.25, 0.3) is 0 Å². The van der Waals surface area contributed by atoms with Crippen molar-refractivity contribution in [1.82, 2.24) is 5.32 Å². The Bertz CT molecular complexity index is 283. The Balaban J connectivity index is 2.41. The van der Waals surface area contributed by atoms with Crippen LogP contribution in [-0.2, 0) is 9.53 Å². The summed E-state index contributed by atoms with van der Waals surface area (Å²) < 4.78 is 5.13. The van der Waals surface area contributed by atoms with Crippen LogP contribution in [0.2, 0.25) is 0 Å². The summed E-state index contributed by atoms with van der Waals surface area (Å²) >= 11 is 0. The maximum Gasteiger partial charge on any atom is 0.225 e. The number of rotatable bonds is 4. The van der Waals surface area contributed by atoms with E-state index in [0.29, 0.717) is 19.8 Å². The van der Waals surface area contributed by atoms with Crippen molar-refractivity contribution in [3.8, 4) is 0 Å². The summed E-state index contributed by atoms with van der Waals surface area (Å²) in [5.41, 5.74) is 4.96. The van der Waals surface area contributed by atoms with Crippen molar-refractivity contribution in [1.29, 1.82) is 0 Å². The Morgan fingerprint density at radius 2 is 2.38 bits per heavy atom. The molecule has 4 N–H and O–H groups in total. The maximum atomic E-state index is 11.7. The van der Waals surface area contributed by atoms with Gasteiger partial charge in [-0.05, 0) is 6.42 Å². The van der Waals surface area contributed by atoms with Gasteiger partial charge in [-0.3, -0.25) is 4.79 Å². The Labute approximate surface area is 94.8 Å². The molecular formula is C10H19N3O3. The molecule has 1 atom stereocenters. The second-order valence-corrected chi connectivity index (χ2v) is 4.65. The largest absolute Gasteiger partial charge is 0.409 e. The number of amidine groups is 1. The standard InChI is InChI=1S/C10H19N3O3/c1-10(2,9(11)13-15)6-12-8(14)7-3-4-16-5-7/h7,15H,3-6H2,1-2H3,(H2,11,13)(H,12,14). The lowest BCUT2D eigenvalue weighted by Gasteiger charge is -2.23. The molecule has 0 aliphatic carbocycles. The van der Waals surface area contributed by atoms with Crippen LogP contribution in [0.5, 0.6) is 0 Å². The number of carbonyl (C=O) groups excluding carboxylic acids is 1. The third-order valence-corrected chi connectivity index (χ3v) is 2.81. The Morgan fingerprint density at radius 1 is 1.69 bits per heavy atom. The van der Waals surface area contributed by atoms with E-state index in [4.69, 9.17) is 15.7 Å². The van der Waals surface area contributed by atoms with E-state index in [1.807, 2.05) is 0 Å². The van der Waals surface area contributed by atoms with E-state index < -0.39 is 5.41 Å². The topological polar surface area (TPSA) is 96.9 Å². The normalized spacial score (nSPS) is 22.1. The zero-order valence-electron chi connectivity index (χ0n) is 9.69. The Kier molecular flexibility index (Phi) is 4.12. The fourth-order valence-corrected chi connectivity index (χ4v) is 1.42. The number of nitrogens with one attached hydrogen (secondary N) is 1. The zero-order chi connectivity index (χ0) is 12.2. The number of nitrogens with zero attached hydrogens (tertiary/aromatic N) is 1. The molecule has 1 fully saturated rings. The summed E-state index contributed by atoms with van der Waals surface area (Å²) in [6.45, 7) is 5.07. The first kappa shape index (κ1) is 12.8. The number of carbonyl (C=O) groups is 1. The predicted octanol–water partition coefficient (Wildman–Crippen LogP) is -0.0883. The third kappa shape index (κ3) is 3.10. The maximum absolute atomic E-state index is 11.7. The van der Waals surface area contributed by atoms with E-state index in [9.17, 15) is 4.79 Å². The predicted molar refractivity (Wildman–Crippen MR) is 59.1 cm³/mol. The molecule has 0 spiro atoms. The monoisotopic (exact) mass is 229 g/mol. The molecule has 16 heavy (non-hydrogen) atoms. The van der Waals surface area contributed by atoms with Crippen molar-refractivity contribution >= 4 is 11.7 Å². The minimum Gasteiger partial charge on any atom is -0.409 e. The van der Waals surface area contributed by atoms with Crippen molar-refractivity contribution in [2.24, 2.45) is 22.2 Å². The van der Waals surface area contributed by atoms with Gasteiger partial charge in [0.2, 0.25) is 5.91 Å². The number of amides is 1. The van der Waals surface area contributed by atoms with Gasteiger partial charge in [0.25, 0.3) is 0 Å². The van der Waals surface area contributed by atoms with E-state index in [2.05, 4.69) is 10.5 Å². The highest BCUT2D eigenvalue weighted by molar-refractivity contribution is 5.86. The highest BCUT2D eigenvalue weighted by Crippen LogP contribution is 2.16. The fourth-order valence-electron chi connectivity index (χ4n) is 1.42. The van der Waals surface area contributed by atoms with Crippen LogP contribution in [0.15, 0.2) is 5.16 Å². The lowest BCUT2D eigenvalue weighted by atomic mass is 9.92. The lowest BCUT2D eigenvalue weighted by Crippen LogP contribution is -2.44. The molecule has 0 bridgehead atoms. The second kappa shape index (κ2) is 5.16. The molecule has 1 aliphatic rings. The quantitative estimate of drug-likeness (QED) is 0.272. The van der Waals surface area contributed by atoms with Crippen LogP contribution < -0.4 is 11.1 Å². The molecule has 6 heteroatoms. The third-order valence-electron chi connectivity index (χ3n) is 2.81. The minimum atomic E-state index is -0.552. The van der Waals surface area contributed by atoms with Gasteiger partial charge in [0, 0.05) is 18.6 Å². The average molecular weight is 229 g/mol. The first-order chi connectivity index (χ1) is 7.47. The molecule has 1 amide bonds. The van der Waals surface area contributed by atoms with Gasteiger partial charge in [-0.2, -0.15) is 0 Å². The van der Waals surface area contributed by atoms with Gasteiger partial charge in [0.15, 0.2) is 0 Å². The van der Waals surface area contributed by atoms with E-state index in [1.165, 1.54) is 0 Å². The summed E-state index contributed by atoms with van der Waals surface area (Å²) in [6, 6.07) is 0. The number of hydrogen-bond donors (Lipinski definition) is 3. The fraction of sp³-hybridized carbons (Fsp3) is 0.800. The molecule has 0 aromatic heterocycles. The molecule has 1 aliphatic heterocycles. The summed E-state index contributed by atoms with van der Waals surface area (Å²) in [5.74, 6) is 0.00914. The molecule has 0 aromatic rings. The van der Waals surface area contributed by atoms with Crippen molar-refractivity contribution in [2.45, 2.75) is 20.3 Å². The summed E-state index contributed by atoms with van der Waals surface area (Å²) in [7, 11) is 0. The highest BCUT2D eigenvalue weighted by Gasteiger charge is 2.28. The smallest absolute Gasteiger partial charge is 0.225 e. The van der Waals surface area contributed by atoms with Gasteiger partial charge >= 0.3 is 0 Å². The summed E-state index contributed by atoms with van der Waals surface area (Å²) in [4.78, 5) is 11.7. The number of oxime groups is 1. The van der Waals surface area contributed by atoms with Gasteiger partial charge in [-0.1, -0.05) is 19.0 Å². The molecule has 92 valence electrons. The van der Waals surface area contributed by atoms with Gasteiger partial charge in [-0.25, -0.2) is 0 Å². The lowest BCUT2D eigenvalue weighted by molar-refractivity contribution is -0.125. The van der Waals surface area contributed by atoms with Crippen molar-refractivity contribution in [2.75, 3.05) is 19.8 Å². The molecule has 1 rings (SSSR count). The molecule has 1 unspecified atom stereocenters. The molecular weight excluding hydrogens is 210 g/mol. The van der Waals surface area contributed by atoms with E-state index in [-0.39, 0.29) is 17.7 Å². The SMILES string of the molecule is CC(C)(CNC(=O)C1CCOC1)C(N)=NO. The van der Waals surface area contributed by atoms with Crippen LogP contribution in [0, 0.1) is 11.3 Å². The number of nitrogens with two attached hydrogens (primary N) is 1. The molecule has 0 saturated carbocycles. The van der Waals surface area contributed by atoms with Crippen LogP contribution in [0.1, 0.15) is 20.3 Å². The van der Waals surface area contributed by atoms with E-state index in [1.54, 1.807) is 13.8 Å². The van der Waals surface area contributed by atoms with E-state index >= 15 is 0 Å². The summed E-state index contributed by atoms with van der Waals surface area (Å²) in [6.07, 6.45) is 0.760. The first-order valence-electron chi connectivity index (χ1n) is 5.31. The number of ether oxygens (including phenoxy) is 1. The van der Waals surface area contributed by atoms with Crippen LogP contribution >= 0.6 is 0 Å². The Hall–Kier alpha value is -1.30. The minimum absolute atomic E-state index is 0.0312. The van der Waals surface area contributed by atoms with Crippen LogP contribution in [0.3, 0.4) is 0 Å². The van der Waals surface area contributed by atoms with Crippen molar-refractivity contribution < 1.29 is 14.7 Å². The van der Waals surface area contributed by atoms with Crippen molar-refractivity contribution in [3.05, 3.63) is 0 Å². The molecule has 1 saturated heterocycles. The average Bonchev–Trinajstić information content (AvgIpc) is 2.78.